The predicted molar refractivity (Wildman–Crippen MR) is 100 cm³/mol. The first-order chi connectivity index (χ1) is 18.3. The molecular weight excluding hydrogens is 328 g/mol. The number of aromatic nitrogens is 4. The fourth-order valence-electron chi connectivity index (χ4n) is 5.71. The number of rotatable bonds is 5. The Morgan fingerprint density at radius 2 is 1.88 bits per heavy atom. The Morgan fingerprint density at radius 1 is 1.19 bits per heavy atom. The molecule has 0 amide bonds. The molecule has 0 aromatic carbocycles. The average molecular weight is 372 g/mol. The maximum absolute atomic E-state index is 13.8. The molecule has 4 saturated carbocycles. The van der Waals surface area contributed by atoms with Crippen LogP contribution in [0.25, 0.3) is 11.2 Å². The van der Waals surface area contributed by atoms with Crippen LogP contribution >= 0.6 is 0 Å². The van der Waals surface area contributed by atoms with Crippen molar-refractivity contribution in [2.75, 3.05) is 0 Å². The second-order valence-corrected chi connectivity index (χ2v) is 7.65. The number of aromatic amines is 1. The van der Waals surface area contributed by atoms with Gasteiger partial charge in [0.1, 0.15) is 11.3 Å². The van der Waals surface area contributed by atoms with Crippen molar-refractivity contribution in [3.05, 3.63) is 26.7 Å². The molecular formula is C20H28N4O2. The molecule has 0 spiro atoms. The van der Waals surface area contributed by atoms with E-state index in [2.05, 4.69) is 4.98 Å². The molecule has 6 rings (SSSR count). The molecule has 6 nitrogen and oxygen atoms in total. The van der Waals surface area contributed by atoms with E-state index in [1.54, 1.807) is 0 Å². The van der Waals surface area contributed by atoms with Crippen LogP contribution in [-0.2, 0) is 18.4 Å². The Balaban J connectivity index is 1.92. The fourth-order valence-corrected chi connectivity index (χ4v) is 5.71. The van der Waals surface area contributed by atoms with Gasteiger partial charge in [0.2, 0.25) is 0 Å². The summed E-state index contributed by atoms with van der Waals surface area (Å²) in [6, 6.07) is 0. The van der Waals surface area contributed by atoms with Gasteiger partial charge in [0.05, 0.1) is 2.74 Å². The van der Waals surface area contributed by atoms with Crippen LogP contribution in [0.1, 0.15) is 83.6 Å². The molecule has 2 heterocycles. The first-order valence-electron chi connectivity index (χ1n) is 16.1. The van der Waals surface area contributed by atoms with Gasteiger partial charge in [0.15, 0.2) is 7.06 Å². The fraction of sp³-hybridized carbons (Fsp3) is 0.750. The van der Waals surface area contributed by atoms with E-state index in [1.165, 1.54) is 0 Å². The van der Waals surface area contributed by atoms with Crippen molar-refractivity contribution in [1.82, 2.24) is 19.1 Å². The highest BCUT2D eigenvalue weighted by Gasteiger charge is 2.59. The molecule has 0 saturated heterocycles. The van der Waals surface area contributed by atoms with Crippen LogP contribution in [-0.4, -0.2) is 19.1 Å². The summed E-state index contributed by atoms with van der Waals surface area (Å²) in [7, 11) is 0. The lowest BCUT2D eigenvalue weighted by molar-refractivity contribution is 0.262. The number of aryl methyl sites for hydroxylation is 1. The molecule has 140 valence electrons. The number of hydrogen-bond donors (Lipinski definition) is 1. The van der Waals surface area contributed by atoms with Crippen molar-refractivity contribution in [2.24, 2.45) is 17.8 Å². The Kier molecular flexibility index (Phi) is 1.49. The number of H-pyrrole nitrogens is 1. The monoisotopic (exact) mass is 371 g/mol. The predicted octanol–water partition coefficient (Wildman–Crippen LogP) is 2.78. The van der Waals surface area contributed by atoms with E-state index in [0.29, 0.717) is 29.7 Å². The summed E-state index contributed by atoms with van der Waals surface area (Å²) in [5.41, 5.74) is -6.33. The lowest BCUT2D eigenvalue weighted by Crippen LogP contribution is -2.40. The Labute approximate surface area is 173 Å². The van der Waals surface area contributed by atoms with E-state index in [9.17, 15) is 9.59 Å². The molecule has 2 unspecified atom stereocenters. The third-order valence-corrected chi connectivity index (χ3v) is 6.41. The summed E-state index contributed by atoms with van der Waals surface area (Å²) in [4.78, 5) is 32.4. The van der Waals surface area contributed by atoms with Gasteiger partial charge < -0.3 is 4.98 Å². The normalized spacial score (nSPS) is 43.8. The average Bonchev–Trinajstić information content (AvgIpc) is 3.34. The quantitative estimate of drug-likeness (QED) is 0.878. The lowest BCUT2D eigenvalue weighted by atomic mass is 9.75. The summed E-state index contributed by atoms with van der Waals surface area (Å²) in [5.74, 6) is 0.622. The standard InChI is InChI=1S/C20H28N4O2/c1-3-5-23-16-15(17(25)24(6-4-2)19(23)26)21-18(22-16)20-10-12-7-13(11-20)9-14(20)8-12/h12-14H,3-11H2,1-2H3,(H,21,22)/i1D3,2D3,3D2,4D2,5D2,6D2/hD. The summed E-state index contributed by atoms with van der Waals surface area (Å²) in [6.45, 7) is -15.3. The third kappa shape index (κ3) is 2.01. The van der Waals surface area contributed by atoms with Gasteiger partial charge in [0, 0.05) is 34.9 Å². The zero-order chi connectivity index (χ0) is 31.1. The van der Waals surface area contributed by atoms with E-state index in [1.807, 2.05) is 0 Å². The molecule has 26 heavy (non-hydrogen) atoms. The van der Waals surface area contributed by atoms with Crippen molar-refractivity contribution in [3.63, 3.8) is 0 Å². The van der Waals surface area contributed by atoms with Crippen LogP contribution in [0.2, 0.25) is 1.41 Å². The minimum absolute atomic E-state index is 0.0464. The second-order valence-electron chi connectivity index (χ2n) is 7.65. The Bertz CT molecular complexity index is 1530. The van der Waals surface area contributed by atoms with Crippen LogP contribution in [0.4, 0.5) is 0 Å². The maximum atomic E-state index is 13.8. The molecule has 1 N–H and O–H groups in total. The highest BCUT2D eigenvalue weighted by molar-refractivity contribution is 5.70. The largest absolute Gasteiger partial charge is 0.336 e. The first kappa shape index (κ1) is 6.95. The summed E-state index contributed by atoms with van der Waals surface area (Å²) < 4.78 is 119. The van der Waals surface area contributed by atoms with Gasteiger partial charge in [-0.2, -0.15) is 0 Å². The van der Waals surface area contributed by atoms with Gasteiger partial charge in [-0.3, -0.25) is 13.9 Å². The summed E-state index contributed by atoms with van der Waals surface area (Å²) >= 11 is 0. The molecule has 2 aromatic heterocycles. The van der Waals surface area contributed by atoms with E-state index in [4.69, 9.17) is 20.6 Å². The maximum Gasteiger partial charge on any atom is 0.332 e. The first-order valence-corrected chi connectivity index (χ1v) is 8.66. The van der Waals surface area contributed by atoms with Gasteiger partial charge in [-0.05, 0) is 62.6 Å². The summed E-state index contributed by atoms with van der Waals surface area (Å²) in [6.07, 6.45) is -4.01. The number of nitrogens with one attached hydrogen (secondary N) is 1. The number of imidazole rings is 1. The van der Waals surface area contributed by atoms with E-state index < -0.39 is 71.8 Å². The molecule has 4 bridgehead atoms. The van der Waals surface area contributed by atoms with Crippen molar-refractivity contribution in [3.8, 4) is 0 Å². The minimum Gasteiger partial charge on any atom is -0.336 e. The van der Waals surface area contributed by atoms with Crippen LogP contribution in [0.3, 0.4) is 0 Å². The Morgan fingerprint density at radius 3 is 2.58 bits per heavy atom. The Hall–Kier alpha value is -1.85. The molecule has 0 aliphatic heterocycles. The van der Waals surface area contributed by atoms with Crippen LogP contribution in [0.5, 0.6) is 0 Å². The van der Waals surface area contributed by atoms with Gasteiger partial charge in [-0.15, -0.1) is 0 Å². The second kappa shape index (κ2) is 5.57. The molecule has 2 atom stereocenters. The highest BCUT2D eigenvalue weighted by atomic mass is 16.2. The van der Waals surface area contributed by atoms with Crippen molar-refractivity contribution in [2.45, 2.75) is 77.0 Å². The van der Waals surface area contributed by atoms with Gasteiger partial charge in [-0.25, -0.2) is 9.78 Å². The number of nitrogens with zero attached hydrogens (tertiary/aromatic N) is 3. The van der Waals surface area contributed by atoms with Gasteiger partial charge >= 0.3 is 5.69 Å². The zero-order valence-electron chi connectivity index (χ0n) is 28.9. The van der Waals surface area contributed by atoms with E-state index in [0.717, 1.165) is 19.3 Å². The van der Waals surface area contributed by atoms with Crippen molar-refractivity contribution < 1.29 is 20.6 Å². The number of fused-ring (bicyclic) bond motifs is 1. The molecule has 2 aromatic rings. The van der Waals surface area contributed by atoms with Crippen LogP contribution in [0, 0.1) is 17.8 Å². The smallest absolute Gasteiger partial charge is 0.332 e. The lowest BCUT2D eigenvalue weighted by Gasteiger charge is -2.30. The van der Waals surface area contributed by atoms with Gasteiger partial charge in [-0.1, -0.05) is 13.7 Å². The molecule has 6 heteroatoms. The van der Waals surface area contributed by atoms with E-state index in [-0.39, 0.29) is 16.3 Å². The third-order valence-electron chi connectivity index (χ3n) is 6.41. The van der Waals surface area contributed by atoms with Crippen LogP contribution < -0.4 is 11.2 Å². The van der Waals surface area contributed by atoms with Crippen LogP contribution in [0.15, 0.2) is 9.59 Å². The molecule has 4 aliphatic carbocycles. The molecule has 4 aliphatic rings. The SMILES string of the molecule is [2H]n1c(C23CC4CC(CC2C4)C3)nc2c1c(=O)n(C([2H])([2H])C([2H])([2H])C([2H])([2H])[2H])c(=O)n2C([2H])([2H])C([2H])([2H])C([2H])([2H])[2H]. The van der Waals surface area contributed by atoms with Crippen molar-refractivity contribution >= 4 is 11.2 Å². The number of hydrogen-bond acceptors (Lipinski definition) is 3. The topological polar surface area (TPSA) is 72.7 Å². The highest BCUT2D eigenvalue weighted by Crippen LogP contribution is 2.65. The zero-order valence-corrected chi connectivity index (χ0v) is 13.9. The van der Waals surface area contributed by atoms with E-state index >= 15 is 0 Å². The van der Waals surface area contributed by atoms with Gasteiger partial charge in [0.25, 0.3) is 5.56 Å². The molecule has 4 fully saturated rings. The summed E-state index contributed by atoms with van der Waals surface area (Å²) in [5, 5.41) is 0. The minimum atomic E-state index is -4.00. The molecule has 0 radical (unpaired) electrons. The van der Waals surface area contributed by atoms with Crippen molar-refractivity contribution in [1.29, 1.82) is 0 Å².